The van der Waals surface area contributed by atoms with Crippen LogP contribution in [-0.2, 0) is 26.2 Å². The van der Waals surface area contributed by atoms with Crippen molar-refractivity contribution in [1.82, 2.24) is 10.2 Å². The first-order valence-corrected chi connectivity index (χ1v) is 15.3. The monoisotopic (exact) mass is 545 g/mol. The van der Waals surface area contributed by atoms with Gasteiger partial charge in [-0.25, -0.2) is 12.8 Å². The Morgan fingerprint density at radius 1 is 1.08 bits per heavy atom. The van der Waals surface area contributed by atoms with E-state index < -0.39 is 16.1 Å². The van der Waals surface area contributed by atoms with Gasteiger partial charge in [0.05, 0.1) is 11.9 Å². The molecule has 0 aromatic heterocycles. The number of sulfonamides is 1. The Morgan fingerprint density at radius 3 is 2.37 bits per heavy atom. The number of aryl methyl sites for hydroxylation is 1. The summed E-state index contributed by atoms with van der Waals surface area (Å²) in [6, 6.07) is 12.6. The van der Waals surface area contributed by atoms with E-state index in [1.165, 1.54) is 22.9 Å². The van der Waals surface area contributed by atoms with Crippen molar-refractivity contribution in [2.24, 2.45) is 0 Å². The molecule has 1 saturated carbocycles. The van der Waals surface area contributed by atoms with Crippen LogP contribution in [0.1, 0.15) is 69.4 Å². The molecule has 2 aromatic rings. The number of hydrogen-bond acceptors (Lipinski definition) is 4. The maximum atomic E-state index is 13.5. The van der Waals surface area contributed by atoms with Gasteiger partial charge in [0.1, 0.15) is 11.9 Å². The second-order valence-corrected chi connectivity index (χ2v) is 12.1. The Kier molecular flexibility index (Phi) is 10.7. The first-order valence-electron chi connectivity index (χ1n) is 13.5. The molecule has 7 nitrogen and oxygen atoms in total. The molecule has 1 aliphatic carbocycles. The molecule has 0 aliphatic heterocycles. The number of amides is 2. The Hall–Kier alpha value is -2.94. The maximum Gasteiger partial charge on any atom is 0.243 e. The fourth-order valence-corrected chi connectivity index (χ4v) is 5.99. The van der Waals surface area contributed by atoms with Gasteiger partial charge in [0, 0.05) is 25.6 Å². The lowest BCUT2D eigenvalue weighted by molar-refractivity contribution is -0.141. The number of halogens is 1. The molecule has 1 N–H and O–H groups in total. The van der Waals surface area contributed by atoms with Crippen LogP contribution in [0.25, 0.3) is 0 Å². The molecule has 2 aromatic carbocycles. The molecular formula is C29H40FN3O4S. The normalized spacial score (nSPS) is 15.1. The molecule has 38 heavy (non-hydrogen) atoms. The third kappa shape index (κ3) is 8.55. The van der Waals surface area contributed by atoms with E-state index in [0.717, 1.165) is 43.1 Å². The highest BCUT2D eigenvalue weighted by Crippen LogP contribution is 2.22. The Balaban J connectivity index is 1.75. The van der Waals surface area contributed by atoms with Crippen molar-refractivity contribution in [3.05, 3.63) is 65.5 Å². The van der Waals surface area contributed by atoms with Crippen molar-refractivity contribution in [2.45, 2.75) is 83.8 Å². The van der Waals surface area contributed by atoms with Gasteiger partial charge in [0.2, 0.25) is 21.8 Å². The quantitative estimate of drug-likeness (QED) is 0.410. The molecule has 3 rings (SSSR count). The second-order valence-electron chi connectivity index (χ2n) is 10.2. The number of anilines is 1. The third-order valence-electron chi connectivity index (χ3n) is 7.05. The van der Waals surface area contributed by atoms with Crippen molar-refractivity contribution in [1.29, 1.82) is 0 Å². The summed E-state index contributed by atoms with van der Waals surface area (Å²) in [5.41, 5.74) is 2.22. The maximum absolute atomic E-state index is 13.5. The van der Waals surface area contributed by atoms with E-state index in [-0.39, 0.29) is 43.2 Å². The molecule has 1 fully saturated rings. The lowest BCUT2D eigenvalue weighted by Crippen LogP contribution is -2.51. The summed E-state index contributed by atoms with van der Waals surface area (Å²) in [7, 11) is -3.55. The summed E-state index contributed by atoms with van der Waals surface area (Å²) in [5, 5.41) is 3.14. The van der Waals surface area contributed by atoms with E-state index in [1.54, 1.807) is 35.2 Å². The van der Waals surface area contributed by atoms with E-state index in [2.05, 4.69) is 5.32 Å². The minimum atomic E-state index is -3.55. The van der Waals surface area contributed by atoms with Crippen LogP contribution in [0.15, 0.2) is 48.5 Å². The standard InChI is InChI=1S/C29H40FN3O4S/c1-4-27(29(35)31-25-11-6-5-7-12-25)32(21-23-15-17-24(30)18-16-23)28(34)14-9-19-33(38(3,36)37)26-13-8-10-22(2)20-26/h8,10,13,15-18,20,25,27H,4-7,9,11-12,14,19,21H2,1-3H3,(H,31,35)/t27-/m0/s1. The number of carbonyl (C=O) groups is 2. The molecule has 1 aliphatic rings. The van der Waals surface area contributed by atoms with Gasteiger partial charge in [-0.3, -0.25) is 13.9 Å². The summed E-state index contributed by atoms with van der Waals surface area (Å²) in [6.07, 6.45) is 7.17. The first-order chi connectivity index (χ1) is 18.1. The zero-order valence-electron chi connectivity index (χ0n) is 22.7. The molecule has 2 amide bonds. The number of hydrogen-bond donors (Lipinski definition) is 1. The molecule has 0 saturated heterocycles. The highest BCUT2D eigenvalue weighted by molar-refractivity contribution is 7.92. The average molecular weight is 546 g/mol. The summed E-state index contributed by atoms with van der Waals surface area (Å²) < 4.78 is 39.8. The van der Waals surface area contributed by atoms with Gasteiger partial charge in [-0.15, -0.1) is 0 Å². The molecule has 0 unspecified atom stereocenters. The topological polar surface area (TPSA) is 86.8 Å². The lowest BCUT2D eigenvalue weighted by Gasteiger charge is -2.33. The molecule has 208 valence electrons. The van der Waals surface area contributed by atoms with E-state index in [1.807, 2.05) is 19.9 Å². The summed E-state index contributed by atoms with van der Waals surface area (Å²) in [5.74, 6) is -0.782. The van der Waals surface area contributed by atoms with Gasteiger partial charge in [0.25, 0.3) is 0 Å². The summed E-state index contributed by atoms with van der Waals surface area (Å²) in [6.45, 7) is 4.08. The molecular weight excluding hydrogens is 505 g/mol. The van der Waals surface area contributed by atoms with E-state index in [4.69, 9.17) is 0 Å². The van der Waals surface area contributed by atoms with Crippen molar-refractivity contribution >= 4 is 27.5 Å². The van der Waals surface area contributed by atoms with Crippen molar-refractivity contribution in [2.75, 3.05) is 17.1 Å². The van der Waals surface area contributed by atoms with Crippen molar-refractivity contribution < 1.29 is 22.4 Å². The van der Waals surface area contributed by atoms with Crippen LogP contribution >= 0.6 is 0 Å². The number of rotatable bonds is 12. The average Bonchev–Trinajstić information content (AvgIpc) is 2.87. The highest BCUT2D eigenvalue weighted by Gasteiger charge is 2.30. The smallest absolute Gasteiger partial charge is 0.243 e. The van der Waals surface area contributed by atoms with E-state index >= 15 is 0 Å². The van der Waals surface area contributed by atoms with Crippen molar-refractivity contribution in [3.8, 4) is 0 Å². The first kappa shape index (κ1) is 29.6. The third-order valence-corrected chi connectivity index (χ3v) is 8.24. The molecule has 0 spiro atoms. The molecule has 0 bridgehead atoms. The van der Waals surface area contributed by atoms with Crippen LogP contribution in [0, 0.1) is 12.7 Å². The predicted molar refractivity (Wildman–Crippen MR) is 149 cm³/mol. The van der Waals surface area contributed by atoms with Gasteiger partial charge < -0.3 is 10.2 Å². The largest absolute Gasteiger partial charge is 0.352 e. The fraction of sp³-hybridized carbons (Fsp3) is 0.517. The number of nitrogens with one attached hydrogen (secondary N) is 1. The van der Waals surface area contributed by atoms with Crippen LogP contribution in [0.3, 0.4) is 0 Å². The van der Waals surface area contributed by atoms with Crippen LogP contribution in [0.5, 0.6) is 0 Å². The van der Waals surface area contributed by atoms with Crippen LogP contribution in [0.4, 0.5) is 10.1 Å². The molecule has 9 heteroatoms. The minimum Gasteiger partial charge on any atom is -0.352 e. The SMILES string of the molecule is CC[C@@H](C(=O)NC1CCCCC1)N(Cc1ccc(F)cc1)C(=O)CCCN(c1cccc(C)c1)S(C)(=O)=O. The zero-order chi connectivity index (χ0) is 27.7. The second kappa shape index (κ2) is 13.7. The van der Waals surface area contributed by atoms with Crippen molar-refractivity contribution in [3.63, 3.8) is 0 Å². The van der Waals surface area contributed by atoms with Crippen LogP contribution < -0.4 is 9.62 Å². The van der Waals surface area contributed by atoms with Crippen LogP contribution in [0.2, 0.25) is 0 Å². The van der Waals surface area contributed by atoms with E-state index in [0.29, 0.717) is 18.5 Å². The van der Waals surface area contributed by atoms with Gasteiger partial charge in [-0.05, 0) is 68.0 Å². The minimum absolute atomic E-state index is 0.0756. The Morgan fingerprint density at radius 2 is 1.76 bits per heavy atom. The summed E-state index contributed by atoms with van der Waals surface area (Å²) in [4.78, 5) is 28.4. The van der Waals surface area contributed by atoms with E-state index in [9.17, 15) is 22.4 Å². The number of carbonyl (C=O) groups excluding carboxylic acids is 2. The van der Waals surface area contributed by atoms with Gasteiger partial charge >= 0.3 is 0 Å². The number of nitrogens with zero attached hydrogens (tertiary/aromatic N) is 2. The Labute approximate surface area is 226 Å². The summed E-state index contributed by atoms with van der Waals surface area (Å²) >= 11 is 0. The van der Waals surface area contributed by atoms with Crippen LogP contribution in [-0.4, -0.2) is 50.0 Å². The zero-order valence-corrected chi connectivity index (χ0v) is 23.5. The highest BCUT2D eigenvalue weighted by atomic mass is 32.2. The molecule has 1 atom stereocenters. The van der Waals surface area contributed by atoms with Gasteiger partial charge in [-0.1, -0.05) is 50.5 Å². The predicted octanol–water partition coefficient (Wildman–Crippen LogP) is 4.94. The fourth-order valence-electron chi connectivity index (χ4n) is 5.04. The Bertz CT molecular complexity index is 1180. The van der Waals surface area contributed by atoms with Gasteiger partial charge in [-0.2, -0.15) is 0 Å². The van der Waals surface area contributed by atoms with Gasteiger partial charge in [0.15, 0.2) is 0 Å². The number of benzene rings is 2. The lowest BCUT2D eigenvalue weighted by atomic mass is 9.95. The molecule has 0 radical (unpaired) electrons. The molecule has 0 heterocycles.